The molecule has 4 rings (SSSR count). The van der Waals surface area contributed by atoms with E-state index in [0.717, 1.165) is 11.3 Å². The summed E-state index contributed by atoms with van der Waals surface area (Å²) in [6.45, 7) is 1.76. The van der Waals surface area contributed by atoms with Crippen molar-refractivity contribution in [3.63, 3.8) is 0 Å². The number of hydrogen-bond acceptors (Lipinski definition) is 9. The summed E-state index contributed by atoms with van der Waals surface area (Å²) >= 11 is 0.981. The molecule has 0 unspecified atom stereocenters. The Bertz CT molecular complexity index is 1390. The number of halogens is 1. The van der Waals surface area contributed by atoms with Crippen LogP contribution in [0.25, 0.3) is 11.1 Å². The van der Waals surface area contributed by atoms with E-state index in [2.05, 4.69) is 25.5 Å². The fourth-order valence-corrected chi connectivity index (χ4v) is 3.73. The molecule has 3 aromatic heterocycles. The largest absolute Gasteiger partial charge is 0.496 e. The number of carbonyl (C=O) groups excluding carboxylic acids is 1. The summed E-state index contributed by atoms with van der Waals surface area (Å²) in [5.74, 6) is -1.90. The molecule has 35 heavy (non-hydrogen) atoms. The number of methoxy groups -OCH3 is 1. The van der Waals surface area contributed by atoms with Gasteiger partial charge in [-0.05, 0) is 48.6 Å². The molecule has 0 aliphatic heterocycles. The summed E-state index contributed by atoms with van der Waals surface area (Å²) in [5, 5.41) is 19.6. The number of pyridine rings is 2. The van der Waals surface area contributed by atoms with Crippen molar-refractivity contribution in [2.24, 2.45) is 0 Å². The van der Waals surface area contributed by atoms with E-state index in [-0.39, 0.29) is 39.4 Å². The maximum Gasteiger partial charge on any atom is 0.337 e. The second kappa shape index (κ2) is 10.2. The van der Waals surface area contributed by atoms with Gasteiger partial charge in [-0.3, -0.25) is 20.1 Å². The van der Waals surface area contributed by atoms with E-state index in [1.165, 1.54) is 43.8 Å². The highest BCUT2D eigenvalue weighted by Crippen LogP contribution is 2.35. The highest BCUT2D eigenvalue weighted by atomic mass is 32.1. The minimum Gasteiger partial charge on any atom is -0.496 e. The number of aryl methyl sites for hydroxylation is 1. The van der Waals surface area contributed by atoms with Crippen molar-refractivity contribution in [2.45, 2.75) is 13.5 Å². The van der Waals surface area contributed by atoms with Crippen LogP contribution in [0.15, 0.2) is 48.8 Å². The number of carboxylic acid groups (broad SMARTS) is 1. The van der Waals surface area contributed by atoms with Crippen molar-refractivity contribution in [1.29, 1.82) is 0 Å². The first-order valence-electron chi connectivity index (χ1n) is 10.1. The van der Waals surface area contributed by atoms with Crippen LogP contribution in [0.4, 0.5) is 9.52 Å². The van der Waals surface area contributed by atoms with E-state index >= 15 is 0 Å². The molecule has 10 nitrogen and oxygen atoms in total. The number of aromatic carboxylic acids is 1. The number of rotatable bonds is 8. The van der Waals surface area contributed by atoms with Crippen LogP contribution in [0.5, 0.6) is 10.9 Å². The molecule has 3 heterocycles. The zero-order valence-corrected chi connectivity index (χ0v) is 19.3. The number of benzene rings is 1. The zero-order chi connectivity index (χ0) is 24.9. The Labute approximate surface area is 202 Å². The molecule has 4 aromatic rings. The number of aromatic nitrogens is 4. The first kappa shape index (κ1) is 23.7. The third kappa shape index (κ3) is 5.38. The predicted molar refractivity (Wildman–Crippen MR) is 124 cm³/mol. The summed E-state index contributed by atoms with van der Waals surface area (Å²) in [6.07, 6.45) is 2.58. The summed E-state index contributed by atoms with van der Waals surface area (Å²) in [6, 6.07) is 8.95. The van der Waals surface area contributed by atoms with Crippen molar-refractivity contribution < 1.29 is 28.6 Å². The molecular weight excluding hydrogens is 477 g/mol. The van der Waals surface area contributed by atoms with E-state index < -0.39 is 17.7 Å². The van der Waals surface area contributed by atoms with Crippen molar-refractivity contribution >= 4 is 28.3 Å². The van der Waals surface area contributed by atoms with Crippen molar-refractivity contribution in [3.05, 3.63) is 77.1 Å². The molecule has 1 amide bonds. The normalized spacial score (nSPS) is 10.6. The van der Waals surface area contributed by atoms with Gasteiger partial charge in [0.1, 0.15) is 18.2 Å². The molecule has 0 atom stereocenters. The topological polar surface area (TPSA) is 136 Å². The molecule has 0 aliphatic rings. The van der Waals surface area contributed by atoms with Gasteiger partial charge in [-0.2, -0.15) is 0 Å². The molecular formula is C23H18FN5O5S. The van der Waals surface area contributed by atoms with E-state index in [0.29, 0.717) is 17.0 Å². The highest BCUT2D eigenvalue weighted by molar-refractivity contribution is 7.17. The highest BCUT2D eigenvalue weighted by Gasteiger charge is 2.21. The van der Waals surface area contributed by atoms with Gasteiger partial charge in [0.2, 0.25) is 5.13 Å². The Balaban J connectivity index is 1.50. The van der Waals surface area contributed by atoms with Gasteiger partial charge in [-0.1, -0.05) is 11.2 Å². The quantitative estimate of drug-likeness (QED) is 0.372. The second-order valence-electron chi connectivity index (χ2n) is 7.15. The number of nitrogens with one attached hydrogen (secondary N) is 1. The van der Waals surface area contributed by atoms with E-state index in [1.54, 1.807) is 19.1 Å². The average molecular weight is 495 g/mol. The van der Waals surface area contributed by atoms with Crippen LogP contribution < -0.4 is 14.8 Å². The summed E-state index contributed by atoms with van der Waals surface area (Å²) < 4.78 is 25.5. The lowest BCUT2D eigenvalue weighted by Crippen LogP contribution is -2.14. The fourth-order valence-electron chi connectivity index (χ4n) is 3.14. The lowest BCUT2D eigenvalue weighted by Gasteiger charge is -2.14. The number of carbonyl (C=O) groups is 2. The first-order chi connectivity index (χ1) is 16.9. The average Bonchev–Trinajstić information content (AvgIpc) is 3.29. The van der Waals surface area contributed by atoms with Gasteiger partial charge in [0.15, 0.2) is 0 Å². The van der Waals surface area contributed by atoms with Gasteiger partial charge in [-0.25, -0.2) is 9.18 Å². The minimum absolute atomic E-state index is 0.0294. The summed E-state index contributed by atoms with van der Waals surface area (Å²) in [4.78, 5) is 32.1. The molecule has 0 fully saturated rings. The number of amides is 1. The number of ether oxygens (including phenoxy) is 2. The van der Waals surface area contributed by atoms with Gasteiger partial charge >= 0.3 is 5.97 Å². The Morgan fingerprint density at radius 2 is 1.97 bits per heavy atom. The Kier molecular flexibility index (Phi) is 6.92. The molecule has 0 spiro atoms. The van der Waals surface area contributed by atoms with Gasteiger partial charge in [0.25, 0.3) is 11.1 Å². The van der Waals surface area contributed by atoms with Gasteiger partial charge in [0.05, 0.1) is 29.5 Å². The van der Waals surface area contributed by atoms with Gasteiger partial charge in [-0.15, -0.1) is 5.10 Å². The second-order valence-corrected chi connectivity index (χ2v) is 8.09. The maximum absolute atomic E-state index is 14.7. The Morgan fingerprint density at radius 1 is 1.14 bits per heavy atom. The van der Waals surface area contributed by atoms with Crippen LogP contribution in [0.1, 0.15) is 32.1 Å². The third-order valence-electron chi connectivity index (χ3n) is 4.79. The summed E-state index contributed by atoms with van der Waals surface area (Å²) in [5.41, 5.74) is 1.74. The first-order valence-corrected chi connectivity index (χ1v) is 10.9. The molecule has 12 heteroatoms. The molecule has 0 aliphatic carbocycles. The number of carboxylic acids is 1. The summed E-state index contributed by atoms with van der Waals surface area (Å²) in [7, 11) is 1.42. The number of anilines is 1. The number of hydrogen-bond donors (Lipinski definition) is 2. The lowest BCUT2D eigenvalue weighted by atomic mass is 9.98. The predicted octanol–water partition coefficient (Wildman–Crippen LogP) is 3.98. The third-order valence-corrected chi connectivity index (χ3v) is 5.54. The van der Waals surface area contributed by atoms with E-state index in [4.69, 9.17) is 14.6 Å². The number of nitrogens with zero attached hydrogens (tertiary/aromatic N) is 4. The van der Waals surface area contributed by atoms with Crippen LogP contribution in [-0.4, -0.2) is 44.3 Å². The monoisotopic (exact) mass is 495 g/mol. The van der Waals surface area contributed by atoms with Crippen molar-refractivity contribution in [3.8, 4) is 22.1 Å². The van der Waals surface area contributed by atoms with Crippen LogP contribution in [-0.2, 0) is 6.61 Å². The molecule has 2 N–H and O–H groups in total. The van der Waals surface area contributed by atoms with Crippen molar-refractivity contribution in [1.82, 2.24) is 20.2 Å². The zero-order valence-electron chi connectivity index (χ0n) is 18.5. The smallest absolute Gasteiger partial charge is 0.337 e. The van der Waals surface area contributed by atoms with E-state index in [9.17, 15) is 14.0 Å². The molecule has 0 saturated heterocycles. The van der Waals surface area contributed by atoms with Crippen LogP contribution >= 0.6 is 11.3 Å². The standard InChI is InChI=1S/C23H18FN5O5S/c1-12-8-15(19-17(24)4-3-5-18(19)33-2)16(10-25-12)20(30)27-22-28-29-23(35-22)34-11-14-7-6-13(9-26-14)21(31)32/h3-10H,11H2,1-2H3,(H,31,32)(H,27,28,30). The minimum atomic E-state index is -1.07. The van der Waals surface area contributed by atoms with Gasteiger partial charge < -0.3 is 14.6 Å². The Morgan fingerprint density at radius 3 is 2.69 bits per heavy atom. The molecule has 1 aromatic carbocycles. The Hall–Kier alpha value is -4.45. The molecule has 0 bridgehead atoms. The SMILES string of the molecule is COc1cccc(F)c1-c1cc(C)ncc1C(=O)Nc1nnc(OCc2ccc(C(=O)O)cn2)s1. The van der Waals surface area contributed by atoms with Crippen LogP contribution in [0.2, 0.25) is 0 Å². The van der Waals surface area contributed by atoms with Crippen LogP contribution in [0.3, 0.4) is 0 Å². The maximum atomic E-state index is 14.7. The molecule has 0 radical (unpaired) electrons. The lowest BCUT2D eigenvalue weighted by molar-refractivity contribution is 0.0696. The van der Waals surface area contributed by atoms with Crippen molar-refractivity contribution in [2.75, 3.05) is 12.4 Å². The van der Waals surface area contributed by atoms with Gasteiger partial charge in [0, 0.05) is 23.7 Å². The van der Waals surface area contributed by atoms with E-state index in [1.807, 2.05) is 0 Å². The fraction of sp³-hybridized carbons (Fsp3) is 0.130. The molecule has 178 valence electrons. The molecule has 0 saturated carbocycles. The van der Waals surface area contributed by atoms with Crippen LogP contribution in [0, 0.1) is 12.7 Å².